The highest BCUT2D eigenvalue weighted by Gasteiger charge is 2.51. The lowest BCUT2D eigenvalue weighted by atomic mass is 9.70. The maximum Gasteiger partial charge on any atom is 0.238 e. The molecule has 1 spiro atoms. The Morgan fingerprint density at radius 2 is 0.739 bits per heavy atom. The molecule has 15 rings (SSSR count). The van der Waals surface area contributed by atoms with Crippen molar-refractivity contribution in [2.24, 2.45) is 0 Å². The maximum absolute atomic E-state index is 5.61. The van der Waals surface area contributed by atoms with Gasteiger partial charge in [-0.1, -0.05) is 212 Å². The molecule has 13 aromatic rings. The average Bonchev–Trinajstić information content (AvgIpc) is 4.13. The molecule has 0 fully saturated rings. The number of hydrogen-bond donors (Lipinski definition) is 0. The molecule has 69 heavy (non-hydrogen) atoms. The topological polar surface area (TPSA) is 48.5 Å². The molecule has 0 unspecified atom stereocenters. The van der Waals surface area contributed by atoms with Gasteiger partial charge in [-0.2, -0.15) is 9.97 Å². The summed E-state index contributed by atoms with van der Waals surface area (Å²) < 4.78 is 4.75. The lowest BCUT2D eigenvalue weighted by molar-refractivity contribution is 0.793. The lowest BCUT2D eigenvalue weighted by Crippen LogP contribution is -2.25. The van der Waals surface area contributed by atoms with E-state index in [9.17, 15) is 0 Å². The quantitative estimate of drug-likeness (QED) is 0.173. The minimum Gasteiger partial charge on any atom is -0.307 e. The first-order chi connectivity index (χ1) is 34.3. The van der Waals surface area contributed by atoms with Crippen LogP contribution in [0.3, 0.4) is 0 Å². The van der Waals surface area contributed by atoms with Crippen LogP contribution in [0.2, 0.25) is 0 Å². The fourth-order valence-corrected chi connectivity index (χ4v) is 12.0. The summed E-state index contributed by atoms with van der Waals surface area (Å²) in [5, 5.41) is 4.58. The van der Waals surface area contributed by atoms with E-state index in [-0.39, 0.29) is 0 Å². The van der Waals surface area contributed by atoms with Gasteiger partial charge in [0.25, 0.3) is 0 Å². The number of fused-ring (bicyclic) bond motifs is 17. The summed E-state index contributed by atoms with van der Waals surface area (Å²) in [5.74, 6) is 1.78. The molecule has 0 N–H and O–H groups in total. The fraction of sp³-hybridized carbons (Fsp3) is 0.0156. The molecule has 0 bridgehead atoms. The van der Waals surface area contributed by atoms with Crippen molar-refractivity contribution in [3.05, 3.63) is 259 Å². The first kappa shape index (κ1) is 38.0. The van der Waals surface area contributed by atoms with Crippen molar-refractivity contribution < 1.29 is 0 Å². The minimum atomic E-state index is -0.505. The molecule has 320 valence electrons. The molecule has 3 aromatic heterocycles. The number of hydrogen-bond acceptors (Lipinski definition) is 3. The Balaban J connectivity index is 1.04. The van der Waals surface area contributed by atoms with Crippen LogP contribution in [0.5, 0.6) is 0 Å². The van der Waals surface area contributed by atoms with Gasteiger partial charge in [0.05, 0.1) is 33.2 Å². The predicted octanol–water partition coefficient (Wildman–Crippen LogP) is 15.4. The Morgan fingerprint density at radius 1 is 0.290 bits per heavy atom. The zero-order chi connectivity index (χ0) is 45.2. The van der Waals surface area contributed by atoms with Gasteiger partial charge < -0.3 is 4.57 Å². The second kappa shape index (κ2) is 14.4. The van der Waals surface area contributed by atoms with Crippen LogP contribution in [0, 0.1) is 0 Å². The van der Waals surface area contributed by atoms with Crippen molar-refractivity contribution in [3.8, 4) is 67.8 Å². The summed E-state index contributed by atoms with van der Waals surface area (Å²) in [6.45, 7) is 0. The first-order valence-electron chi connectivity index (χ1n) is 23.6. The van der Waals surface area contributed by atoms with E-state index in [1.165, 1.54) is 49.9 Å². The molecule has 0 radical (unpaired) electrons. The van der Waals surface area contributed by atoms with Gasteiger partial charge in [-0.3, -0.25) is 4.57 Å². The van der Waals surface area contributed by atoms with Crippen LogP contribution in [0.1, 0.15) is 22.3 Å². The monoisotopic (exact) mass is 877 g/mol. The molecular weight excluding hydrogens is 839 g/mol. The van der Waals surface area contributed by atoms with Gasteiger partial charge in [0.2, 0.25) is 5.95 Å². The Labute approximate surface area is 397 Å². The highest BCUT2D eigenvalue weighted by molar-refractivity contribution is 6.24. The normalized spacial score (nSPS) is 13.0. The van der Waals surface area contributed by atoms with E-state index in [2.05, 4.69) is 240 Å². The third-order valence-electron chi connectivity index (χ3n) is 14.8. The summed E-state index contributed by atoms with van der Waals surface area (Å²) in [7, 11) is 0. The molecule has 0 aliphatic heterocycles. The average molecular weight is 878 g/mol. The molecule has 2 aliphatic carbocycles. The Bertz CT molecular complexity index is 4190. The number of benzene rings is 10. The van der Waals surface area contributed by atoms with Crippen molar-refractivity contribution in [2.45, 2.75) is 5.41 Å². The minimum absolute atomic E-state index is 0.505. The molecule has 10 aromatic carbocycles. The predicted molar refractivity (Wildman–Crippen MR) is 281 cm³/mol. The first-order valence-corrected chi connectivity index (χ1v) is 23.6. The van der Waals surface area contributed by atoms with Gasteiger partial charge in [-0.25, -0.2) is 4.98 Å². The van der Waals surface area contributed by atoms with Crippen molar-refractivity contribution in [2.75, 3.05) is 0 Å². The van der Waals surface area contributed by atoms with Crippen LogP contribution < -0.4 is 0 Å². The standard InChI is InChI=1S/C64H39N5/c1-3-19-40(20-4-1)43-23-10-16-32-56(43)68-57-33-17-11-27-48(57)50-37-38-51-49-28-12-18-34-58(49)69(60(51)59(50)68)63-66-61(41-21-5-2-6-22-41)65-62(67-63)42-35-36-47-46-26-9-15-31-54(46)64(55(47)39-42)52-29-13-7-24-44(52)45-25-8-14-30-53(45)64/h1-39H. The molecule has 0 saturated heterocycles. The Morgan fingerprint density at radius 3 is 1.35 bits per heavy atom. The van der Waals surface area contributed by atoms with Gasteiger partial charge in [0.1, 0.15) is 0 Å². The number of para-hydroxylation sites is 3. The zero-order valence-electron chi connectivity index (χ0n) is 37.3. The van der Waals surface area contributed by atoms with E-state index in [0.29, 0.717) is 17.6 Å². The summed E-state index contributed by atoms with van der Waals surface area (Å²) in [5.41, 5.74) is 19.2. The molecule has 5 nitrogen and oxygen atoms in total. The van der Waals surface area contributed by atoms with Crippen LogP contribution >= 0.6 is 0 Å². The van der Waals surface area contributed by atoms with Crippen molar-refractivity contribution in [1.29, 1.82) is 0 Å². The molecule has 3 heterocycles. The highest BCUT2D eigenvalue weighted by atomic mass is 15.2. The number of nitrogens with zero attached hydrogens (tertiary/aromatic N) is 5. The van der Waals surface area contributed by atoms with Gasteiger partial charge in [0, 0.05) is 38.2 Å². The zero-order valence-corrected chi connectivity index (χ0v) is 37.3. The third-order valence-corrected chi connectivity index (χ3v) is 14.8. The summed E-state index contributed by atoms with van der Waals surface area (Å²) in [4.78, 5) is 16.5. The van der Waals surface area contributed by atoms with Gasteiger partial charge >= 0.3 is 0 Å². The largest absolute Gasteiger partial charge is 0.307 e. The Hall–Kier alpha value is -9.19. The second-order valence-corrected chi connectivity index (χ2v) is 18.2. The van der Waals surface area contributed by atoms with Crippen molar-refractivity contribution in [3.63, 3.8) is 0 Å². The summed E-state index contributed by atoms with van der Waals surface area (Å²) in [6, 6.07) is 85.5. The van der Waals surface area contributed by atoms with Crippen LogP contribution in [0.4, 0.5) is 0 Å². The Kier molecular flexibility index (Phi) is 7.93. The van der Waals surface area contributed by atoms with E-state index in [1.807, 2.05) is 6.07 Å². The van der Waals surface area contributed by atoms with Gasteiger partial charge in [-0.05, 0) is 74.3 Å². The van der Waals surface area contributed by atoms with Crippen molar-refractivity contribution in [1.82, 2.24) is 24.1 Å². The van der Waals surface area contributed by atoms with Crippen LogP contribution in [0.25, 0.3) is 111 Å². The van der Waals surface area contributed by atoms with E-state index < -0.39 is 5.41 Å². The number of rotatable bonds is 5. The molecular formula is C64H39N5. The molecule has 2 aliphatic rings. The lowest BCUT2D eigenvalue weighted by Gasteiger charge is -2.30. The molecule has 0 atom stereocenters. The SMILES string of the molecule is c1ccc(-c2nc(-c3ccc4c(c3)C3(c5ccccc5-c5ccccc53)c3ccccc3-4)nc(-n3c4ccccc4c4ccc5c6ccccc6n(-c6ccccc6-c6ccccc6)c5c43)n2)cc1. The number of aromatic nitrogens is 5. The fourth-order valence-electron chi connectivity index (χ4n) is 12.0. The van der Waals surface area contributed by atoms with Crippen LogP contribution in [0.15, 0.2) is 237 Å². The maximum atomic E-state index is 5.61. The highest BCUT2D eigenvalue weighted by Crippen LogP contribution is 2.63. The van der Waals surface area contributed by atoms with E-state index in [1.54, 1.807) is 0 Å². The van der Waals surface area contributed by atoms with Gasteiger partial charge in [-0.15, -0.1) is 0 Å². The van der Waals surface area contributed by atoms with E-state index >= 15 is 0 Å². The molecule has 5 heteroatoms. The van der Waals surface area contributed by atoms with E-state index in [4.69, 9.17) is 15.0 Å². The summed E-state index contributed by atoms with van der Waals surface area (Å²) >= 11 is 0. The van der Waals surface area contributed by atoms with Crippen LogP contribution in [-0.2, 0) is 5.41 Å². The third kappa shape index (κ3) is 5.21. The molecule has 0 saturated carbocycles. The smallest absolute Gasteiger partial charge is 0.238 e. The van der Waals surface area contributed by atoms with E-state index in [0.717, 1.165) is 66.2 Å². The second-order valence-electron chi connectivity index (χ2n) is 18.2. The van der Waals surface area contributed by atoms with Crippen LogP contribution in [-0.4, -0.2) is 24.1 Å². The molecule has 0 amide bonds. The summed E-state index contributed by atoms with van der Waals surface area (Å²) in [6.07, 6.45) is 0. The van der Waals surface area contributed by atoms with Crippen molar-refractivity contribution >= 4 is 43.6 Å². The van der Waals surface area contributed by atoms with Gasteiger partial charge in [0.15, 0.2) is 11.6 Å².